The first kappa shape index (κ1) is 15.9. The second-order valence-corrected chi connectivity index (χ2v) is 5.54. The molecule has 2 nitrogen and oxygen atoms in total. The molecular formula is C12H24N2S2. The highest BCUT2D eigenvalue weighted by Gasteiger charge is 2.22. The average molecular weight is 260 g/mol. The summed E-state index contributed by atoms with van der Waals surface area (Å²) in [5.41, 5.74) is 3.12. The van der Waals surface area contributed by atoms with Crippen molar-refractivity contribution in [1.82, 2.24) is 10.2 Å². The van der Waals surface area contributed by atoms with Gasteiger partial charge in [0, 0.05) is 24.3 Å². The van der Waals surface area contributed by atoms with E-state index >= 15 is 0 Å². The van der Waals surface area contributed by atoms with Gasteiger partial charge in [-0.05, 0) is 32.9 Å². The zero-order valence-corrected chi connectivity index (χ0v) is 12.5. The molecule has 1 rings (SSSR count). The van der Waals surface area contributed by atoms with Gasteiger partial charge in [0.25, 0.3) is 0 Å². The van der Waals surface area contributed by atoms with E-state index in [9.17, 15) is 0 Å². The Labute approximate surface area is 111 Å². The van der Waals surface area contributed by atoms with Crippen LogP contribution in [0, 0.1) is 0 Å². The first-order valence-corrected chi connectivity index (χ1v) is 6.81. The normalized spacial score (nSPS) is 16.9. The molecule has 0 aromatic heterocycles. The van der Waals surface area contributed by atoms with E-state index in [0.717, 1.165) is 25.3 Å². The third-order valence-corrected chi connectivity index (χ3v) is 2.52. The lowest BCUT2D eigenvalue weighted by Crippen LogP contribution is -2.44. The molecule has 1 N–H and O–H groups in total. The van der Waals surface area contributed by atoms with Gasteiger partial charge in [-0.2, -0.15) is 12.6 Å². The summed E-state index contributed by atoms with van der Waals surface area (Å²) < 4.78 is 0. The van der Waals surface area contributed by atoms with Gasteiger partial charge in [0.05, 0.1) is 5.49 Å². The molecule has 16 heavy (non-hydrogen) atoms. The van der Waals surface area contributed by atoms with Crippen LogP contribution in [0.5, 0.6) is 0 Å². The smallest absolute Gasteiger partial charge is 0.0656 e. The van der Waals surface area contributed by atoms with Crippen LogP contribution >= 0.6 is 24.8 Å². The van der Waals surface area contributed by atoms with Crippen molar-refractivity contribution in [3.63, 3.8) is 0 Å². The van der Waals surface area contributed by atoms with Crippen molar-refractivity contribution in [2.75, 3.05) is 18.8 Å². The highest BCUT2D eigenvalue weighted by Crippen LogP contribution is 2.18. The first-order chi connectivity index (χ1) is 7.45. The van der Waals surface area contributed by atoms with Crippen molar-refractivity contribution in [2.45, 2.75) is 39.7 Å². The lowest BCUT2D eigenvalue weighted by Gasteiger charge is -2.37. The number of nitrogens with one attached hydrogen (secondary N) is 1. The predicted molar refractivity (Wildman–Crippen MR) is 80.3 cm³/mol. The molecule has 0 radical (unpaired) electrons. The molecule has 0 saturated heterocycles. The summed E-state index contributed by atoms with van der Waals surface area (Å²) in [5, 5.41) is 3.08. The van der Waals surface area contributed by atoms with Crippen LogP contribution in [0.1, 0.15) is 34.1 Å². The lowest BCUT2D eigenvalue weighted by molar-refractivity contribution is 0.148. The van der Waals surface area contributed by atoms with E-state index in [0.29, 0.717) is 0 Å². The quantitative estimate of drug-likeness (QED) is 0.587. The van der Waals surface area contributed by atoms with Gasteiger partial charge in [-0.15, -0.1) is 0 Å². The van der Waals surface area contributed by atoms with Gasteiger partial charge >= 0.3 is 0 Å². The Morgan fingerprint density at radius 2 is 2.12 bits per heavy atom. The summed E-state index contributed by atoms with van der Waals surface area (Å²) in [5.74, 6) is 0.944. The summed E-state index contributed by atoms with van der Waals surface area (Å²) >= 11 is 8.53. The van der Waals surface area contributed by atoms with Crippen LogP contribution in [-0.2, 0) is 0 Å². The molecule has 0 unspecified atom stereocenters. The van der Waals surface area contributed by atoms with E-state index in [-0.39, 0.29) is 5.54 Å². The summed E-state index contributed by atoms with van der Waals surface area (Å²) in [4.78, 5) is 2.46. The second-order valence-electron chi connectivity index (χ2n) is 4.67. The minimum Gasteiger partial charge on any atom is -0.356 e. The van der Waals surface area contributed by atoms with E-state index < -0.39 is 0 Å². The molecular weight excluding hydrogens is 236 g/mol. The number of thiol groups is 1. The molecule has 0 aromatic rings. The SMILES string of the molecule is CC(C)(C)N1CC=C(NC=S)CC1.CCS. The maximum Gasteiger partial charge on any atom is 0.0656 e. The molecule has 0 fully saturated rings. The summed E-state index contributed by atoms with van der Waals surface area (Å²) in [6.07, 6.45) is 3.29. The number of nitrogens with zero attached hydrogens (tertiary/aromatic N) is 1. The van der Waals surface area contributed by atoms with E-state index in [1.54, 1.807) is 5.49 Å². The third-order valence-electron chi connectivity index (χ3n) is 2.40. The van der Waals surface area contributed by atoms with Crippen LogP contribution in [0.25, 0.3) is 0 Å². The molecule has 94 valence electrons. The van der Waals surface area contributed by atoms with Crippen LogP contribution in [0.3, 0.4) is 0 Å². The Bertz CT molecular complexity index is 232. The van der Waals surface area contributed by atoms with Crippen LogP contribution in [0.15, 0.2) is 11.8 Å². The fourth-order valence-corrected chi connectivity index (χ4v) is 1.64. The molecule has 0 spiro atoms. The molecule has 0 aromatic carbocycles. The minimum absolute atomic E-state index is 0.277. The Morgan fingerprint density at radius 1 is 1.56 bits per heavy atom. The summed E-state index contributed by atoms with van der Waals surface area (Å²) in [7, 11) is 0. The molecule has 0 bridgehead atoms. The van der Waals surface area contributed by atoms with Crippen molar-refractivity contribution in [3.8, 4) is 0 Å². The maximum absolute atomic E-state index is 4.75. The highest BCUT2D eigenvalue weighted by molar-refractivity contribution is 7.80. The van der Waals surface area contributed by atoms with Gasteiger partial charge in [-0.1, -0.05) is 25.2 Å². The van der Waals surface area contributed by atoms with Gasteiger partial charge in [0.15, 0.2) is 0 Å². The van der Waals surface area contributed by atoms with E-state index in [1.165, 1.54) is 5.70 Å². The van der Waals surface area contributed by atoms with Crippen LogP contribution in [-0.4, -0.2) is 34.8 Å². The Hall–Kier alpha value is -0.0600. The largest absolute Gasteiger partial charge is 0.356 e. The van der Waals surface area contributed by atoms with Crippen LogP contribution < -0.4 is 5.32 Å². The zero-order valence-electron chi connectivity index (χ0n) is 10.8. The molecule has 1 aliphatic heterocycles. The van der Waals surface area contributed by atoms with Gasteiger partial charge in [0.2, 0.25) is 0 Å². The lowest BCUT2D eigenvalue weighted by atomic mass is 10.0. The van der Waals surface area contributed by atoms with Crippen LogP contribution in [0.2, 0.25) is 0 Å². The molecule has 1 aliphatic rings. The topological polar surface area (TPSA) is 15.3 Å². The predicted octanol–water partition coefficient (Wildman–Crippen LogP) is 2.86. The van der Waals surface area contributed by atoms with Crippen molar-refractivity contribution < 1.29 is 0 Å². The van der Waals surface area contributed by atoms with E-state index in [1.807, 2.05) is 6.92 Å². The van der Waals surface area contributed by atoms with Crippen molar-refractivity contribution in [1.29, 1.82) is 0 Å². The van der Waals surface area contributed by atoms with E-state index in [4.69, 9.17) is 12.2 Å². The second kappa shape index (κ2) is 8.09. The third kappa shape index (κ3) is 6.51. The molecule has 1 heterocycles. The van der Waals surface area contributed by atoms with Gasteiger partial charge < -0.3 is 5.32 Å². The molecule has 0 amide bonds. The fourth-order valence-electron chi connectivity index (χ4n) is 1.49. The maximum atomic E-state index is 4.75. The Kier molecular flexibility index (Phi) is 8.06. The van der Waals surface area contributed by atoms with Gasteiger partial charge in [0.1, 0.15) is 0 Å². The minimum atomic E-state index is 0.277. The highest BCUT2D eigenvalue weighted by atomic mass is 32.1. The standard InChI is InChI=1S/C10H18N2S.C2H6S/c1-10(2,3)12-6-4-9(5-7-12)11-8-13;1-2-3/h4,8H,5-7H2,1-3H3,(H,11,13);3H,2H2,1H3. The van der Waals surface area contributed by atoms with Gasteiger partial charge in [-0.25, -0.2) is 0 Å². The number of rotatable bonds is 2. The van der Waals surface area contributed by atoms with E-state index in [2.05, 4.69) is 49.7 Å². The first-order valence-electron chi connectivity index (χ1n) is 5.70. The number of hydrogen-bond donors (Lipinski definition) is 2. The number of thiocarbonyl (C=S) groups is 1. The molecule has 0 aliphatic carbocycles. The number of hydrogen-bond acceptors (Lipinski definition) is 3. The van der Waals surface area contributed by atoms with Gasteiger partial charge in [-0.3, -0.25) is 4.90 Å². The van der Waals surface area contributed by atoms with Crippen molar-refractivity contribution in [3.05, 3.63) is 11.8 Å². The molecule has 4 heteroatoms. The average Bonchev–Trinajstić information content (AvgIpc) is 2.19. The fraction of sp³-hybridized carbons (Fsp3) is 0.750. The monoisotopic (exact) mass is 260 g/mol. The van der Waals surface area contributed by atoms with Crippen LogP contribution in [0.4, 0.5) is 0 Å². The molecule has 0 atom stereocenters. The zero-order chi connectivity index (χ0) is 12.6. The molecule has 0 saturated carbocycles. The summed E-state index contributed by atoms with van der Waals surface area (Å²) in [6.45, 7) is 10.9. The van der Waals surface area contributed by atoms with Crippen molar-refractivity contribution in [2.24, 2.45) is 0 Å². The Balaban J connectivity index is 0.000000673. The summed E-state index contributed by atoms with van der Waals surface area (Å²) in [6, 6.07) is 0. The van der Waals surface area contributed by atoms with Crippen molar-refractivity contribution >= 4 is 30.3 Å². The Morgan fingerprint density at radius 3 is 2.44 bits per heavy atom.